The summed E-state index contributed by atoms with van der Waals surface area (Å²) in [5.41, 5.74) is 4.44. The van der Waals surface area contributed by atoms with Gasteiger partial charge in [-0.3, -0.25) is 9.08 Å². The first-order valence-corrected chi connectivity index (χ1v) is 15.1. The number of fused-ring (bicyclic) bond motifs is 1. The van der Waals surface area contributed by atoms with Crippen LogP contribution in [-0.2, 0) is 30.2 Å². The van der Waals surface area contributed by atoms with Crippen LogP contribution in [0.2, 0.25) is 0 Å². The highest BCUT2D eigenvalue weighted by atomic mass is 32.2. The first-order valence-electron chi connectivity index (χ1n) is 12.7. The first-order chi connectivity index (χ1) is 17.8. The van der Waals surface area contributed by atoms with Crippen molar-refractivity contribution >= 4 is 32.7 Å². The van der Waals surface area contributed by atoms with Gasteiger partial charge in [0, 0.05) is 31.4 Å². The van der Waals surface area contributed by atoms with Crippen molar-refractivity contribution in [2.24, 2.45) is 0 Å². The molecule has 8 nitrogen and oxygen atoms in total. The molecule has 0 amide bonds. The maximum Gasteiger partial charge on any atom is 0.269 e. The summed E-state index contributed by atoms with van der Waals surface area (Å²) in [5, 5.41) is 9.17. The molecule has 0 spiro atoms. The molecule has 3 aliphatic rings. The van der Waals surface area contributed by atoms with E-state index in [-0.39, 0.29) is 18.0 Å². The molecule has 2 atom stereocenters. The van der Waals surface area contributed by atoms with Crippen molar-refractivity contribution in [2.75, 3.05) is 38.6 Å². The van der Waals surface area contributed by atoms with Gasteiger partial charge in [-0.25, -0.2) is 4.98 Å². The first kappa shape index (κ1) is 26.4. The van der Waals surface area contributed by atoms with Gasteiger partial charge in [0.15, 0.2) is 0 Å². The van der Waals surface area contributed by atoms with E-state index < -0.39 is 16.2 Å². The van der Waals surface area contributed by atoms with Crippen molar-refractivity contribution in [1.29, 1.82) is 5.41 Å². The lowest BCUT2D eigenvalue weighted by molar-refractivity contribution is 0.0404. The van der Waals surface area contributed by atoms with E-state index in [1.165, 1.54) is 0 Å². The van der Waals surface area contributed by atoms with Gasteiger partial charge in [-0.1, -0.05) is 24.3 Å². The van der Waals surface area contributed by atoms with Crippen LogP contribution in [0.15, 0.2) is 42.6 Å². The molecule has 0 bridgehead atoms. The second-order valence-corrected chi connectivity index (χ2v) is 12.5. The number of hydrogen-bond acceptors (Lipinski definition) is 9. The number of hydrogen-bond donors (Lipinski definition) is 1. The Hall–Kier alpha value is -2.21. The smallest absolute Gasteiger partial charge is 0.269 e. The molecular weight excluding hydrogens is 510 g/mol. The van der Waals surface area contributed by atoms with Gasteiger partial charge < -0.3 is 14.9 Å². The number of nitrogens with zero attached hydrogens (tertiary/aromatic N) is 2. The summed E-state index contributed by atoms with van der Waals surface area (Å²) in [6.07, 6.45) is 8.19. The SMILES string of the molecule is CC(C)OC1C=CC(c2ncc(-c3cccc4c3CCC4OS(=O)(=O)CCN3CCOCC3)s2)=CC1=N. The Morgan fingerprint density at radius 1 is 1.27 bits per heavy atom. The summed E-state index contributed by atoms with van der Waals surface area (Å²) in [6, 6.07) is 5.99. The van der Waals surface area contributed by atoms with Crippen LogP contribution in [0.3, 0.4) is 0 Å². The molecule has 2 aliphatic carbocycles. The Bertz CT molecular complexity index is 1310. The normalized spacial score (nSPS) is 22.5. The third-order valence-corrected chi connectivity index (χ3v) is 9.03. The number of benzene rings is 1. The second-order valence-electron chi connectivity index (χ2n) is 9.76. The van der Waals surface area contributed by atoms with E-state index in [1.54, 1.807) is 11.3 Å². The number of aromatic nitrogens is 1. The summed E-state index contributed by atoms with van der Waals surface area (Å²) in [4.78, 5) is 7.75. The molecule has 1 aromatic carbocycles. The van der Waals surface area contributed by atoms with E-state index in [1.807, 2.05) is 50.4 Å². The fourth-order valence-electron chi connectivity index (χ4n) is 4.91. The lowest BCUT2D eigenvalue weighted by atomic mass is 10.0. The van der Waals surface area contributed by atoms with Crippen LogP contribution in [-0.4, -0.2) is 74.8 Å². The highest BCUT2D eigenvalue weighted by Crippen LogP contribution is 2.42. The fraction of sp³-hybridized carbons (Fsp3) is 0.481. The predicted octanol–water partition coefficient (Wildman–Crippen LogP) is 4.24. The summed E-state index contributed by atoms with van der Waals surface area (Å²) in [7, 11) is -3.65. The monoisotopic (exact) mass is 543 g/mol. The van der Waals surface area contributed by atoms with Crippen molar-refractivity contribution < 1.29 is 22.1 Å². The third kappa shape index (κ3) is 6.27. The summed E-state index contributed by atoms with van der Waals surface area (Å²) in [5.74, 6) is -0.0164. The highest BCUT2D eigenvalue weighted by molar-refractivity contribution is 7.86. The largest absolute Gasteiger partial charge is 0.379 e. The standard InChI is InChI=1S/C27H33N3O5S2/c1-18(2)34-25-8-6-19(16-23(25)28)27-29-17-26(36-27)22-5-3-4-21-20(22)7-9-24(21)35-37(31,32)15-12-30-10-13-33-14-11-30/h3-6,8,16-18,24-25,28H,7,9-15H2,1-2H3. The molecule has 0 radical (unpaired) electrons. The molecule has 0 saturated carbocycles. The maximum absolute atomic E-state index is 12.8. The van der Waals surface area contributed by atoms with Gasteiger partial charge in [0.05, 0.1) is 35.7 Å². The molecule has 1 saturated heterocycles. The van der Waals surface area contributed by atoms with E-state index >= 15 is 0 Å². The van der Waals surface area contributed by atoms with E-state index in [2.05, 4.69) is 16.0 Å². The molecule has 5 rings (SSSR count). The molecule has 2 unspecified atom stereocenters. The number of thiazole rings is 1. The molecular formula is C27H33N3O5S2. The number of allylic oxidation sites excluding steroid dienone is 2. The molecule has 1 aliphatic heterocycles. The van der Waals surface area contributed by atoms with Crippen molar-refractivity contribution in [2.45, 2.75) is 45.0 Å². The minimum atomic E-state index is -3.65. The van der Waals surface area contributed by atoms with Gasteiger partial charge in [0.2, 0.25) is 0 Å². The van der Waals surface area contributed by atoms with E-state index in [9.17, 15) is 8.42 Å². The summed E-state index contributed by atoms with van der Waals surface area (Å²) in [6.45, 7) is 7.17. The van der Waals surface area contributed by atoms with Gasteiger partial charge in [-0.2, -0.15) is 8.42 Å². The topological polar surface area (TPSA) is 102 Å². The lowest BCUT2D eigenvalue weighted by Gasteiger charge is -2.26. The van der Waals surface area contributed by atoms with Gasteiger partial charge in [0.25, 0.3) is 10.1 Å². The lowest BCUT2D eigenvalue weighted by Crippen LogP contribution is -2.39. The number of morpholine rings is 1. The average Bonchev–Trinajstić information content (AvgIpc) is 3.52. The number of ether oxygens (including phenoxy) is 2. The van der Waals surface area contributed by atoms with Crippen LogP contribution in [0.1, 0.15) is 42.5 Å². The molecule has 1 aromatic heterocycles. The Morgan fingerprint density at radius 3 is 2.84 bits per heavy atom. The molecule has 198 valence electrons. The van der Waals surface area contributed by atoms with E-state index in [0.29, 0.717) is 31.9 Å². The van der Waals surface area contributed by atoms with Crippen molar-refractivity contribution in [1.82, 2.24) is 9.88 Å². The molecule has 10 heteroatoms. The Kier molecular flexibility index (Phi) is 8.04. The highest BCUT2D eigenvalue weighted by Gasteiger charge is 2.31. The van der Waals surface area contributed by atoms with Crippen molar-refractivity contribution in [3.05, 3.63) is 58.8 Å². The van der Waals surface area contributed by atoms with Crippen LogP contribution in [0.5, 0.6) is 0 Å². The van der Waals surface area contributed by atoms with Crippen LogP contribution in [0.25, 0.3) is 16.0 Å². The van der Waals surface area contributed by atoms with Gasteiger partial charge >= 0.3 is 0 Å². The van der Waals surface area contributed by atoms with Crippen molar-refractivity contribution in [3.63, 3.8) is 0 Å². The summed E-state index contributed by atoms with van der Waals surface area (Å²) >= 11 is 1.57. The zero-order valence-electron chi connectivity index (χ0n) is 21.2. The fourth-order valence-corrected chi connectivity index (χ4v) is 7.00. The Balaban J connectivity index is 1.28. The minimum absolute atomic E-state index is 0.0164. The third-order valence-electron chi connectivity index (χ3n) is 6.74. The molecule has 1 N–H and O–H groups in total. The Labute approximate surface area is 222 Å². The number of rotatable bonds is 9. The zero-order valence-corrected chi connectivity index (χ0v) is 22.8. The van der Waals surface area contributed by atoms with E-state index in [4.69, 9.17) is 19.1 Å². The van der Waals surface area contributed by atoms with Gasteiger partial charge in [0.1, 0.15) is 17.2 Å². The molecule has 1 fully saturated rings. The van der Waals surface area contributed by atoms with Crippen molar-refractivity contribution in [3.8, 4) is 10.4 Å². The van der Waals surface area contributed by atoms with Crippen LogP contribution in [0, 0.1) is 5.41 Å². The van der Waals surface area contributed by atoms with Crippen LogP contribution >= 0.6 is 11.3 Å². The summed E-state index contributed by atoms with van der Waals surface area (Å²) < 4.78 is 42.3. The van der Waals surface area contributed by atoms with Gasteiger partial charge in [-0.05, 0) is 55.5 Å². The molecule has 2 aromatic rings. The maximum atomic E-state index is 12.8. The minimum Gasteiger partial charge on any atom is -0.379 e. The van der Waals surface area contributed by atoms with Crippen LogP contribution < -0.4 is 0 Å². The zero-order chi connectivity index (χ0) is 26.0. The number of nitrogens with one attached hydrogen (secondary N) is 1. The predicted molar refractivity (Wildman–Crippen MR) is 146 cm³/mol. The molecule has 2 heterocycles. The molecule has 37 heavy (non-hydrogen) atoms. The van der Waals surface area contributed by atoms with E-state index in [0.717, 1.165) is 51.7 Å². The van der Waals surface area contributed by atoms with Crippen LogP contribution in [0.4, 0.5) is 0 Å². The second kappa shape index (κ2) is 11.3. The quantitative estimate of drug-likeness (QED) is 0.472. The van der Waals surface area contributed by atoms with Gasteiger partial charge in [-0.15, -0.1) is 11.3 Å². The Morgan fingerprint density at radius 2 is 2.08 bits per heavy atom. The average molecular weight is 544 g/mol.